The SMILES string of the molecule is Nc1ccsc1CNC1CC2CCC1O2. The standard InChI is InChI=1S/C11H16N2OS/c12-8-3-4-15-11(8)6-13-9-5-7-1-2-10(9)14-7/h3-4,7,9-10,13H,1-2,5-6,12H2. The summed E-state index contributed by atoms with van der Waals surface area (Å²) in [7, 11) is 0. The highest BCUT2D eigenvalue weighted by molar-refractivity contribution is 7.10. The first-order chi connectivity index (χ1) is 7.33. The lowest BCUT2D eigenvalue weighted by Gasteiger charge is -2.19. The quantitative estimate of drug-likeness (QED) is 0.822. The highest BCUT2D eigenvalue weighted by Gasteiger charge is 2.40. The van der Waals surface area contributed by atoms with Crippen molar-refractivity contribution in [2.75, 3.05) is 5.73 Å². The van der Waals surface area contributed by atoms with E-state index in [4.69, 9.17) is 10.5 Å². The maximum atomic E-state index is 5.84. The monoisotopic (exact) mass is 224 g/mol. The summed E-state index contributed by atoms with van der Waals surface area (Å²) < 4.78 is 5.79. The molecule has 2 aliphatic heterocycles. The fourth-order valence-electron chi connectivity index (χ4n) is 2.57. The highest BCUT2D eigenvalue weighted by Crippen LogP contribution is 2.34. The number of nitrogens with two attached hydrogens (primary N) is 1. The van der Waals surface area contributed by atoms with Gasteiger partial charge in [-0.1, -0.05) is 0 Å². The first-order valence-electron chi connectivity index (χ1n) is 5.53. The number of nitrogens with one attached hydrogen (secondary N) is 1. The molecule has 0 aromatic carbocycles. The molecule has 0 radical (unpaired) electrons. The second kappa shape index (κ2) is 3.77. The van der Waals surface area contributed by atoms with Crippen LogP contribution in [-0.2, 0) is 11.3 Å². The van der Waals surface area contributed by atoms with Crippen LogP contribution in [0.5, 0.6) is 0 Å². The van der Waals surface area contributed by atoms with Gasteiger partial charge in [0.2, 0.25) is 0 Å². The zero-order valence-electron chi connectivity index (χ0n) is 8.61. The molecular formula is C11H16N2OS. The molecule has 2 fully saturated rings. The van der Waals surface area contributed by atoms with Crippen LogP contribution < -0.4 is 11.1 Å². The number of hydrogen-bond acceptors (Lipinski definition) is 4. The van der Waals surface area contributed by atoms with Gasteiger partial charge in [-0.3, -0.25) is 0 Å². The Morgan fingerprint density at radius 2 is 2.47 bits per heavy atom. The lowest BCUT2D eigenvalue weighted by Crippen LogP contribution is -2.36. The van der Waals surface area contributed by atoms with Gasteiger partial charge < -0.3 is 15.8 Å². The Kier molecular flexibility index (Phi) is 2.42. The van der Waals surface area contributed by atoms with Crippen molar-refractivity contribution >= 4 is 17.0 Å². The van der Waals surface area contributed by atoms with E-state index in [9.17, 15) is 0 Å². The largest absolute Gasteiger partial charge is 0.398 e. The van der Waals surface area contributed by atoms with E-state index in [1.165, 1.54) is 24.1 Å². The van der Waals surface area contributed by atoms with Gasteiger partial charge in [0.05, 0.1) is 12.2 Å². The van der Waals surface area contributed by atoms with E-state index in [1.54, 1.807) is 11.3 Å². The average Bonchev–Trinajstić information content (AvgIpc) is 2.90. The first-order valence-corrected chi connectivity index (χ1v) is 6.41. The number of thiophene rings is 1. The van der Waals surface area contributed by atoms with Gasteiger partial charge in [-0.15, -0.1) is 11.3 Å². The molecular weight excluding hydrogens is 208 g/mol. The molecule has 4 heteroatoms. The minimum Gasteiger partial charge on any atom is -0.398 e. The van der Waals surface area contributed by atoms with Crippen LogP contribution in [-0.4, -0.2) is 18.2 Å². The molecule has 3 nitrogen and oxygen atoms in total. The maximum absolute atomic E-state index is 5.84. The molecule has 3 unspecified atom stereocenters. The van der Waals surface area contributed by atoms with Crippen molar-refractivity contribution in [1.29, 1.82) is 0 Å². The number of fused-ring (bicyclic) bond motifs is 2. The van der Waals surface area contributed by atoms with Crippen molar-refractivity contribution in [3.8, 4) is 0 Å². The summed E-state index contributed by atoms with van der Waals surface area (Å²) in [4.78, 5) is 1.25. The predicted octanol–water partition coefficient (Wildman–Crippen LogP) is 1.74. The van der Waals surface area contributed by atoms with Crippen LogP contribution in [0.15, 0.2) is 11.4 Å². The van der Waals surface area contributed by atoms with Gasteiger partial charge in [0, 0.05) is 23.2 Å². The molecule has 2 bridgehead atoms. The predicted molar refractivity (Wildman–Crippen MR) is 61.9 cm³/mol. The Balaban J connectivity index is 1.57. The summed E-state index contributed by atoms with van der Waals surface area (Å²) in [5, 5.41) is 5.61. The van der Waals surface area contributed by atoms with Gasteiger partial charge in [-0.2, -0.15) is 0 Å². The zero-order chi connectivity index (χ0) is 10.3. The Morgan fingerprint density at radius 1 is 1.53 bits per heavy atom. The minimum absolute atomic E-state index is 0.455. The molecule has 0 aliphatic carbocycles. The normalized spacial score (nSPS) is 33.7. The molecule has 0 spiro atoms. The van der Waals surface area contributed by atoms with E-state index in [-0.39, 0.29) is 0 Å². The number of hydrogen-bond donors (Lipinski definition) is 2. The highest BCUT2D eigenvalue weighted by atomic mass is 32.1. The Bertz CT molecular complexity index is 352. The maximum Gasteiger partial charge on any atom is 0.0733 e. The molecule has 3 N–H and O–H groups in total. The summed E-state index contributed by atoms with van der Waals surface area (Å²) in [5.74, 6) is 0. The summed E-state index contributed by atoms with van der Waals surface area (Å²) in [6, 6.07) is 2.52. The van der Waals surface area contributed by atoms with Crippen LogP contribution in [0.1, 0.15) is 24.1 Å². The third-order valence-electron chi connectivity index (χ3n) is 3.41. The van der Waals surface area contributed by atoms with Gasteiger partial charge in [-0.25, -0.2) is 0 Å². The van der Waals surface area contributed by atoms with Crippen LogP contribution in [0, 0.1) is 0 Å². The van der Waals surface area contributed by atoms with E-state index in [0.29, 0.717) is 18.2 Å². The molecule has 15 heavy (non-hydrogen) atoms. The van der Waals surface area contributed by atoms with Crippen molar-refractivity contribution in [3.63, 3.8) is 0 Å². The molecule has 1 aromatic heterocycles. The molecule has 0 amide bonds. The van der Waals surface area contributed by atoms with Gasteiger partial charge in [0.25, 0.3) is 0 Å². The number of ether oxygens (including phenoxy) is 1. The van der Waals surface area contributed by atoms with E-state index in [2.05, 4.69) is 5.32 Å². The molecule has 1 aromatic rings. The van der Waals surface area contributed by atoms with E-state index in [0.717, 1.165) is 12.2 Å². The molecule has 3 atom stereocenters. The fraction of sp³-hybridized carbons (Fsp3) is 0.636. The molecule has 82 valence electrons. The molecule has 2 saturated heterocycles. The van der Waals surface area contributed by atoms with Crippen LogP contribution in [0.25, 0.3) is 0 Å². The topological polar surface area (TPSA) is 47.3 Å². The molecule has 3 heterocycles. The lowest BCUT2D eigenvalue weighted by atomic mass is 9.95. The third kappa shape index (κ3) is 1.77. The number of rotatable bonds is 3. The van der Waals surface area contributed by atoms with Crippen molar-refractivity contribution in [2.24, 2.45) is 0 Å². The molecule has 3 rings (SSSR count). The van der Waals surface area contributed by atoms with E-state index < -0.39 is 0 Å². The van der Waals surface area contributed by atoms with E-state index in [1.807, 2.05) is 11.4 Å². The van der Waals surface area contributed by atoms with Crippen LogP contribution in [0.2, 0.25) is 0 Å². The molecule has 0 saturated carbocycles. The minimum atomic E-state index is 0.455. The van der Waals surface area contributed by atoms with Gasteiger partial charge >= 0.3 is 0 Å². The van der Waals surface area contributed by atoms with Gasteiger partial charge in [0.15, 0.2) is 0 Å². The summed E-state index contributed by atoms with van der Waals surface area (Å²) in [5.41, 5.74) is 6.75. The Morgan fingerprint density at radius 3 is 3.07 bits per heavy atom. The van der Waals surface area contributed by atoms with Gasteiger partial charge in [-0.05, 0) is 30.7 Å². The second-order valence-corrected chi connectivity index (χ2v) is 5.40. The summed E-state index contributed by atoms with van der Waals surface area (Å²) in [6.07, 6.45) is 4.63. The van der Waals surface area contributed by atoms with Crippen molar-refractivity contribution < 1.29 is 4.74 Å². The van der Waals surface area contributed by atoms with E-state index >= 15 is 0 Å². The van der Waals surface area contributed by atoms with Crippen LogP contribution in [0.3, 0.4) is 0 Å². The summed E-state index contributed by atoms with van der Waals surface area (Å²) >= 11 is 1.72. The summed E-state index contributed by atoms with van der Waals surface area (Å²) in [6.45, 7) is 0.890. The lowest BCUT2D eigenvalue weighted by molar-refractivity contribution is 0.0973. The fourth-order valence-corrected chi connectivity index (χ4v) is 3.32. The smallest absolute Gasteiger partial charge is 0.0733 e. The van der Waals surface area contributed by atoms with Crippen LogP contribution >= 0.6 is 11.3 Å². The van der Waals surface area contributed by atoms with Gasteiger partial charge in [0.1, 0.15) is 0 Å². The Labute approximate surface area is 93.6 Å². The van der Waals surface area contributed by atoms with Crippen molar-refractivity contribution in [1.82, 2.24) is 5.32 Å². The van der Waals surface area contributed by atoms with Crippen molar-refractivity contribution in [2.45, 2.75) is 44.1 Å². The second-order valence-electron chi connectivity index (χ2n) is 4.40. The zero-order valence-corrected chi connectivity index (χ0v) is 9.43. The van der Waals surface area contributed by atoms with Crippen molar-refractivity contribution in [3.05, 3.63) is 16.3 Å². The number of nitrogen functional groups attached to an aromatic ring is 1. The van der Waals surface area contributed by atoms with Crippen LogP contribution in [0.4, 0.5) is 5.69 Å². The third-order valence-corrected chi connectivity index (χ3v) is 4.35. The first kappa shape index (κ1) is 9.63. The Hall–Kier alpha value is -0.580. The average molecular weight is 224 g/mol. The number of anilines is 1. The molecule has 2 aliphatic rings.